The van der Waals surface area contributed by atoms with Crippen molar-refractivity contribution in [2.24, 2.45) is 4.99 Å². The number of allylic oxidation sites excluding steroid dienone is 2. The van der Waals surface area contributed by atoms with Gasteiger partial charge in [0.1, 0.15) is 19.8 Å². The van der Waals surface area contributed by atoms with Gasteiger partial charge in [-0.1, -0.05) is 37.8 Å². The summed E-state index contributed by atoms with van der Waals surface area (Å²) in [6.07, 6.45) is 1.53. The molecule has 0 unspecified atom stereocenters. The van der Waals surface area contributed by atoms with Crippen LogP contribution in [0.2, 0.25) is 0 Å². The smallest absolute Gasteiger partial charge is 0.382 e. The van der Waals surface area contributed by atoms with Gasteiger partial charge in [0.15, 0.2) is 0 Å². The first-order chi connectivity index (χ1) is 27.0. The van der Waals surface area contributed by atoms with Crippen LogP contribution < -0.4 is 5.32 Å². The van der Waals surface area contributed by atoms with Crippen molar-refractivity contribution in [2.75, 3.05) is 60.4 Å². The summed E-state index contributed by atoms with van der Waals surface area (Å²) in [5.41, 5.74) is 10.1. The van der Waals surface area contributed by atoms with Crippen LogP contribution in [0.3, 0.4) is 0 Å². The number of nitrogens with one attached hydrogen (secondary N) is 1. The third-order valence-electron chi connectivity index (χ3n) is 9.53. The fraction of sp³-hybridized carbons (Fsp3) is 0.452. The van der Waals surface area contributed by atoms with Crippen LogP contribution in [-0.4, -0.2) is 106 Å². The van der Waals surface area contributed by atoms with Crippen molar-refractivity contribution in [1.82, 2.24) is 14.9 Å². The lowest BCUT2D eigenvalue weighted by Gasteiger charge is -2.19. The molecule has 0 saturated carbocycles. The lowest BCUT2D eigenvalue weighted by Crippen LogP contribution is -2.37. The molecule has 3 amide bonds. The van der Waals surface area contributed by atoms with E-state index in [-0.39, 0.29) is 26.1 Å². The highest BCUT2D eigenvalue weighted by Gasteiger charge is 2.33. The Kier molecular flexibility index (Phi) is 16.4. The van der Waals surface area contributed by atoms with E-state index in [2.05, 4.69) is 67.9 Å². The molecule has 3 heterocycles. The van der Waals surface area contributed by atoms with Crippen molar-refractivity contribution in [1.29, 1.82) is 0 Å². The number of hydrogen-bond donors (Lipinski definition) is 1. The Morgan fingerprint density at radius 3 is 1.93 bits per heavy atom. The molecule has 296 valence electrons. The second-order valence-electron chi connectivity index (χ2n) is 13.1. The average Bonchev–Trinajstić information content (AvgIpc) is 3.75. The molecular weight excluding hydrogens is 715 g/mol. The maximum Gasteiger partial charge on any atom is 0.433 e. The molecule has 0 aliphatic carbocycles. The maximum absolute atomic E-state index is 13.2. The van der Waals surface area contributed by atoms with E-state index in [0.717, 1.165) is 63.5 Å². The predicted molar refractivity (Wildman–Crippen MR) is 213 cm³/mol. The van der Waals surface area contributed by atoms with Gasteiger partial charge in [0, 0.05) is 55.3 Å². The molecule has 1 N–H and O–H groups in total. The number of rotatable bonds is 17. The number of amides is 3. The third-order valence-corrected chi connectivity index (χ3v) is 9.53. The highest BCUT2D eigenvalue weighted by molar-refractivity contribution is 6.74. The predicted octanol–water partition coefficient (Wildman–Crippen LogP) is 4.22. The largest absolute Gasteiger partial charge is 0.433 e. The van der Waals surface area contributed by atoms with Crippen LogP contribution in [0.5, 0.6) is 0 Å². The first-order valence-electron chi connectivity index (χ1n) is 18.7. The molecule has 0 bridgehead atoms. The van der Waals surface area contributed by atoms with Gasteiger partial charge in [0.2, 0.25) is 0 Å². The Morgan fingerprint density at radius 1 is 0.839 bits per heavy atom. The van der Waals surface area contributed by atoms with E-state index in [9.17, 15) is 19.2 Å². The minimum absolute atomic E-state index is 0.0253. The van der Waals surface area contributed by atoms with E-state index in [4.69, 9.17) is 28.8 Å². The minimum atomic E-state index is -0.934. The molecule has 13 nitrogen and oxygen atoms in total. The van der Waals surface area contributed by atoms with Gasteiger partial charge in [-0.25, -0.2) is 4.79 Å². The molecule has 1 saturated heterocycles. The highest BCUT2D eigenvalue weighted by atomic mass is 16.7. The molecule has 0 radical (unpaired) electrons. The molecule has 0 atom stereocenters. The summed E-state index contributed by atoms with van der Waals surface area (Å²) in [4.78, 5) is 59.2. The van der Waals surface area contributed by atoms with Crippen molar-refractivity contribution >= 4 is 41.8 Å². The van der Waals surface area contributed by atoms with Crippen LogP contribution in [0.25, 0.3) is 5.57 Å². The number of carbonyl (C=O) groups is 4. The Bertz CT molecular complexity index is 1980. The number of hydrogen-bond acceptors (Lipinski definition) is 10. The number of ether oxygens (including phenoxy) is 4. The van der Waals surface area contributed by atoms with Gasteiger partial charge in [0.05, 0.1) is 32.1 Å². The fourth-order valence-electron chi connectivity index (χ4n) is 6.75. The molecule has 1 fully saturated rings. The van der Waals surface area contributed by atoms with Crippen LogP contribution in [-0.2, 0) is 44.6 Å². The zero-order valence-electron chi connectivity index (χ0n) is 33.7. The number of aromatic nitrogens is 1. The van der Waals surface area contributed by atoms with Crippen LogP contribution >= 0.6 is 0 Å². The van der Waals surface area contributed by atoms with Crippen LogP contribution in [0.15, 0.2) is 46.1 Å². The van der Waals surface area contributed by atoms with Crippen LogP contribution in [0.4, 0.5) is 0 Å². The summed E-state index contributed by atoms with van der Waals surface area (Å²) >= 11 is 0. The molecule has 1 aromatic carbocycles. The topological polar surface area (TPSA) is 147 Å². The highest BCUT2D eigenvalue weighted by Crippen LogP contribution is 2.40. The quantitative estimate of drug-likeness (QED) is 0.108. The third kappa shape index (κ3) is 10.5. The van der Waals surface area contributed by atoms with Crippen molar-refractivity contribution in [3.05, 3.63) is 74.8 Å². The molecule has 2 aliphatic heterocycles. The molecule has 56 heavy (non-hydrogen) atoms. The molecular formula is C42H51BN4O9. The number of imide groups is 1. The number of hydroxylamine groups is 2. The number of benzene rings is 1. The van der Waals surface area contributed by atoms with E-state index in [1.54, 1.807) is 26.4 Å². The summed E-state index contributed by atoms with van der Waals surface area (Å²) in [6.45, 7) is 13.6. The standard InChI is InChI=1S/C42H51BN4O9/c1-9-34-28(3)40(45-30(34)5)39(32-13-15-33(16-14-32)42(51)44-27-38(50)56-47-36(48)17-18-37(47)49)41-29(4)35(10-2)31(6)46(41)43(19-11-21-54-25-23-52-7)20-12-22-55-26-24-53-8/h13-16H,9-10,17-18,21-27H2,1-8H3,(H,44,51)/b40-39-. The van der Waals surface area contributed by atoms with Gasteiger partial charge in [-0.05, 0) is 80.5 Å². The van der Waals surface area contributed by atoms with E-state index >= 15 is 0 Å². The molecule has 2 aliphatic rings. The normalized spacial score (nSPS) is 14.6. The molecule has 2 aromatic rings. The number of carbonyl (C=O) groups excluding carboxylic acids is 4. The average molecular weight is 767 g/mol. The fourth-order valence-corrected chi connectivity index (χ4v) is 6.75. The Hall–Kier alpha value is -5.25. The van der Waals surface area contributed by atoms with Gasteiger partial charge in [0.25, 0.3) is 17.7 Å². The number of methoxy groups -OCH3 is 2. The molecule has 0 spiro atoms. The van der Waals surface area contributed by atoms with Gasteiger partial charge in [-0.2, -0.15) is 0 Å². The SMILES string of the molecule is CCC1=C(C)/C(=C(\c2ccc(C(=O)NCC(=O)ON3C(=O)CCC3=O)cc2)c2c(C)c(CC)c(C)n2B(C#CCOCCOC)C#CCOCCOC)N=C1C. The zero-order valence-corrected chi connectivity index (χ0v) is 33.7. The minimum Gasteiger partial charge on any atom is -0.382 e. The van der Waals surface area contributed by atoms with Crippen molar-refractivity contribution in [2.45, 2.75) is 67.2 Å². The first kappa shape index (κ1) is 43.5. The molecule has 4 rings (SSSR count). The van der Waals surface area contributed by atoms with Crippen molar-refractivity contribution < 1.29 is 43.0 Å². The van der Waals surface area contributed by atoms with E-state index in [1.165, 1.54) is 5.57 Å². The number of nitrogens with zero attached hydrogens (tertiary/aromatic N) is 3. The van der Waals surface area contributed by atoms with Crippen LogP contribution in [0.1, 0.15) is 85.4 Å². The van der Waals surface area contributed by atoms with Gasteiger partial charge in [-0.3, -0.25) is 19.4 Å². The van der Waals surface area contributed by atoms with E-state index in [1.807, 2.05) is 19.1 Å². The number of aliphatic imine (C=N–C) groups is 1. The molecule has 1 aromatic heterocycles. The van der Waals surface area contributed by atoms with Crippen molar-refractivity contribution in [3.8, 4) is 23.5 Å². The zero-order chi connectivity index (χ0) is 40.8. The Labute approximate surface area is 329 Å². The first-order valence-corrected chi connectivity index (χ1v) is 18.7. The monoisotopic (exact) mass is 766 g/mol. The van der Waals surface area contributed by atoms with Crippen LogP contribution in [0, 0.1) is 37.3 Å². The maximum atomic E-state index is 13.2. The summed E-state index contributed by atoms with van der Waals surface area (Å²) in [5, 5.41) is 2.96. The Morgan fingerprint density at radius 2 is 1.41 bits per heavy atom. The summed E-state index contributed by atoms with van der Waals surface area (Å²) in [7, 11) is 3.24. The lowest BCUT2D eigenvalue weighted by atomic mass is 9.63. The van der Waals surface area contributed by atoms with Gasteiger partial charge in [-0.15, -0.1) is 16.7 Å². The Balaban J connectivity index is 1.79. The van der Waals surface area contributed by atoms with E-state index in [0.29, 0.717) is 37.1 Å². The summed E-state index contributed by atoms with van der Waals surface area (Å²) < 4.78 is 23.7. The second kappa shape index (κ2) is 21.2. The van der Waals surface area contributed by atoms with Crippen molar-refractivity contribution in [3.63, 3.8) is 0 Å². The second-order valence-corrected chi connectivity index (χ2v) is 13.1. The molecule has 14 heteroatoms. The van der Waals surface area contributed by atoms with Gasteiger partial charge >= 0.3 is 12.8 Å². The summed E-state index contributed by atoms with van der Waals surface area (Å²) in [5.74, 6) is 10.4. The van der Waals surface area contributed by atoms with E-state index < -0.39 is 37.1 Å². The van der Waals surface area contributed by atoms with Gasteiger partial charge < -0.3 is 33.6 Å². The lowest BCUT2D eigenvalue weighted by molar-refractivity contribution is -0.196. The summed E-state index contributed by atoms with van der Waals surface area (Å²) in [6, 6.07) is 7.07.